The molecule has 0 bridgehead atoms. The van der Waals surface area contributed by atoms with Gasteiger partial charge in [0.15, 0.2) is 0 Å². The largest absolute Gasteiger partial charge is 0.0628 e. The van der Waals surface area contributed by atoms with Gasteiger partial charge in [-0.15, -0.1) is 0 Å². The topological polar surface area (TPSA) is 0 Å². The quantitative estimate of drug-likeness (QED) is 0.701. The van der Waals surface area contributed by atoms with Crippen LogP contribution in [0.4, 0.5) is 0 Å². The molecule has 110 valence electrons. The Morgan fingerprint density at radius 3 is 2.65 bits per heavy atom. The zero-order valence-corrected chi connectivity index (χ0v) is 13.6. The van der Waals surface area contributed by atoms with Crippen molar-refractivity contribution in [3.8, 4) is 0 Å². The standard InChI is InChI=1S/C20H30/c1-14(2)8-10-17-13-16-6-4-5-7-18(16)20-12-15(3)9-11-19(17)20/h13-15H,4-12H2,1-3H3. The van der Waals surface area contributed by atoms with Gasteiger partial charge < -0.3 is 0 Å². The van der Waals surface area contributed by atoms with E-state index in [1.165, 1.54) is 57.8 Å². The summed E-state index contributed by atoms with van der Waals surface area (Å²) in [6.07, 6.45) is 12.3. The van der Waals surface area contributed by atoms with Gasteiger partial charge in [-0.2, -0.15) is 0 Å². The normalized spacial score (nSPS) is 21.7. The van der Waals surface area contributed by atoms with Crippen LogP contribution < -0.4 is 0 Å². The van der Waals surface area contributed by atoms with Crippen LogP contribution in [0.15, 0.2) is 6.07 Å². The summed E-state index contributed by atoms with van der Waals surface area (Å²) < 4.78 is 0. The van der Waals surface area contributed by atoms with Gasteiger partial charge in [0.1, 0.15) is 0 Å². The first-order valence-corrected chi connectivity index (χ1v) is 8.80. The number of hydrogen-bond donors (Lipinski definition) is 0. The third-order valence-corrected chi connectivity index (χ3v) is 5.41. The van der Waals surface area contributed by atoms with Crippen molar-refractivity contribution in [3.63, 3.8) is 0 Å². The molecule has 1 unspecified atom stereocenters. The number of aryl methyl sites for hydroxylation is 2. The van der Waals surface area contributed by atoms with E-state index in [2.05, 4.69) is 26.8 Å². The second-order valence-corrected chi connectivity index (χ2v) is 7.62. The molecule has 0 aromatic heterocycles. The van der Waals surface area contributed by atoms with Crippen molar-refractivity contribution in [1.82, 2.24) is 0 Å². The Bertz CT molecular complexity index is 481. The Kier molecular flexibility index (Phi) is 4.19. The maximum absolute atomic E-state index is 2.60. The summed E-state index contributed by atoms with van der Waals surface area (Å²) in [5.41, 5.74) is 8.75. The van der Waals surface area contributed by atoms with Gasteiger partial charge in [0.2, 0.25) is 0 Å². The van der Waals surface area contributed by atoms with Crippen LogP contribution in [0.5, 0.6) is 0 Å². The monoisotopic (exact) mass is 270 g/mol. The molecule has 0 fully saturated rings. The molecule has 1 aromatic carbocycles. The zero-order valence-electron chi connectivity index (χ0n) is 13.6. The smallest absolute Gasteiger partial charge is 0.0247 e. The summed E-state index contributed by atoms with van der Waals surface area (Å²) in [5, 5.41) is 0. The molecule has 0 N–H and O–H groups in total. The van der Waals surface area contributed by atoms with Crippen molar-refractivity contribution in [3.05, 3.63) is 33.9 Å². The number of hydrogen-bond acceptors (Lipinski definition) is 0. The predicted molar refractivity (Wildman–Crippen MR) is 87.4 cm³/mol. The van der Waals surface area contributed by atoms with E-state index < -0.39 is 0 Å². The van der Waals surface area contributed by atoms with Gasteiger partial charge in [-0.05, 0) is 97.4 Å². The molecule has 0 spiro atoms. The lowest BCUT2D eigenvalue weighted by atomic mass is 9.75. The van der Waals surface area contributed by atoms with Crippen LogP contribution in [-0.2, 0) is 32.1 Å². The zero-order chi connectivity index (χ0) is 14.1. The van der Waals surface area contributed by atoms with Crippen molar-refractivity contribution in [2.45, 2.75) is 78.6 Å². The first kappa shape index (κ1) is 14.2. The second-order valence-electron chi connectivity index (χ2n) is 7.62. The minimum Gasteiger partial charge on any atom is -0.0628 e. The van der Waals surface area contributed by atoms with E-state index in [0.29, 0.717) is 0 Å². The Morgan fingerprint density at radius 1 is 1.05 bits per heavy atom. The first-order chi connectivity index (χ1) is 9.65. The molecule has 0 radical (unpaired) electrons. The van der Waals surface area contributed by atoms with Crippen LogP contribution in [0, 0.1) is 11.8 Å². The molecule has 20 heavy (non-hydrogen) atoms. The van der Waals surface area contributed by atoms with Crippen LogP contribution >= 0.6 is 0 Å². The fourth-order valence-corrected chi connectivity index (χ4v) is 4.17. The highest BCUT2D eigenvalue weighted by Crippen LogP contribution is 2.36. The molecule has 0 aliphatic heterocycles. The van der Waals surface area contributed by atoms with Gasteiger partial charge in [0.05, 0.1) is 0 Å². The summed E-state index contributed by atoms with van der Waals surface area (Å²) in [6.45, 7) is 7.15. The number of fused-ring (bicyclic) bond motifs is 3. The van der Waals surface area contributed by atoms with E-state index in [1.54, 1.807) is 27.8 Å². The van der Waals surface area contributed by atoms with E-state index in [1.807, 2.05) is 0 Å². The highest BCUT2D eigenvalue weighted by molar-refractivity contribution is 5.48. The molecule has 2 aliphatic carbocycles. The Hall–Kier alpha value is -0.780. The highest BCUT2D eigenvalue weighted by atomic mass is 14.3. The predicted octanol–water partition coefficient (Wildman–Crippen LogP) is 5.28. The third-order valence-electron chi connectivity index (χ3n) is 5.41. The molecule has 0 nitrogen and oxygen atoms in total. The second kappa shape index (κ2) is 5.92. The van der Waals surface area contributed by atoms with Gasteiger partial charge in [0, 0.05) is 0 Å². The summed E-state index contributed by atoms with van der Waals surface area (Å²) in [4.78, 5) is 0. The Morgan fingerprint density at radius 2 is 1.85 bits per heavy atom. The number of benzene rings is 1. The molecule has 3 rings (SSSR count). The third kappa shape index (κ3) is 2.80. The molecule has 0 saturated heterocycles. The molecular weight excluding hydrogens is 240 g/mol. The van der Waals surface area contributed by atoms with Crippen molar-refractivity contribution in [2.75, 3.05) is 0 Å². The number of rotatable bonds is 3. The van der Waals surface area contributed by atoms with Crippen molar-refractivity contribution >= 4 is 0 Å². The van der Waals surface area contributed by atoms with Gasteiger partial charge >= 0.3 is 0 Å². The van der Waals surface area contributed by atoms with Crippen LogP contribution in [-0.4, -0.2) is 0 Å². The lowest BCUT2D eigenvalue weighted by Crippen LogP contribution is -2.19. The lowest BCUT2D eigenvalue weighted by molar-refractivity contribution is 0.489. The Labute approximate surface area is 125 Å². The Balaban J connectivity index is 1.99. The van der Waals surface area contributed by atoms with E-state index >= 15 is 0 Å². The van der Waals surface area contributed by atoms with E-state index in [4.69, 9.17) is 0 Å². The minimum atomic E-state index is 0.823. The minimum absolute atomic E-state index is 0.823. The summed E-state index contributed by atoms with van der Waals surface area (Å²) in [5.74, 6) is 1.72. The van der Waals surface area contributed by atoms with Gasteiger partial charge in [-0.3, -0.25) is 0 Å². The van der Waals surface area contributed by atoms with Crippen molar-refractivity contribution < 1.29 is 0 Å². The highest BCUT2D eigenvalue weighted by Gasteiger charge is 2.24. The molecule has 0 amide bonds. The lowest BCUT2D eigenvalue weighted by Gasteiger charge is -2.30. The van der Waals surface area contributed by atoms with E-state index in [9.17, 15) is 0 Å². The average molecular weight is 270 g/mol. The van der Waals surface area contributed by atoms with Crippen molar-refractivity contribution in [1.29, 1.82) is 0 Å². The van der Waals surface area contributed by atoms with Crippen molar-refractivity contribution in [2.24, 2.45) is 11.8 Å². The summed E-state index contributed by atoms with van der Waals surface area (Å²) >= 11 is 0. The van der Waals surface area contributed by atoms with Gasteiger partial charge in [-0.1, -0.05) is 26.8 Å². The SMILES string of the molecule is CC(C)CCc1cc2c(c3c1CCC(C)C3)CCCC2. The summed E-state index contributed by atoms with van der Waals surface area (Å²) in [6, 6.07) is 2.60. The van der Waals surface area contributed by atoms with Crippen LogP contribution in [0.25, 0.3) is 0 Å². The van der Waals surface area contributed by atoms with E-state index in [-0.39, 0.29) is 0 Å². The molecule has 1 aromatic rings. The van der Waals surface area contributed by atoms with Gasteiger partial charge in [0.25, 0.3) is 0 Å². The van der Waals surface area contributed by atoms with E-state index in [0.717, 1.165) is 11.8 Å². The fraction of sp³-hybridized carbons (Fsp3) is 0.700. The van der Waals surface area contributed by atoms with Crippen LogP contribution in [0.1, 0.15) is 74.3 Å². The fourth-order valence-electron chi connectivity index (χ4n) is 4.17. The van der Waals surface area contributed by atoms with Crippen LogP contribution in [0.2, 0.25) is 0 Å². The molecule has 0 saturated carbocycles. The summed E-state index contributed by atoms with van der Waals surface area (Å²) in [7, 11) is 0. The molecule has 2 aliphatic rings. The van der Waals surface area contributed by atoms with Gasteiger partial charge in [-0.25, -0.2) is 0 Å². The first-order valence-electron chi connectivity index (χ1n) is 8.80. The molecule has 1 atom stereocenters. The maximum Gasteiger partial charge on any atom is -0.0247 e. The molecular formula is C20H30. The molecule has 0 heteroatoms. The van der Waals surface area contributed by atoms with Crippen LogP contribution in [0.3, 0.4) is 0 Å². The molecule has 0 heterocycles. The maximum atomic E-state index is 2.60. The average Bonchev–Trinajstić information content (AvgIpc) is 2.44.